The fourth-order valence-electron chi connectivity index (χ4n) is 5.82. The van der Waals surface area contributed by atoms with Crippen molar-refractivity contribution in [2.24, 2.45) is 5.92 Å². The molecule has 1 atom stereocenters. The first-order valence-electron chi connectivity index (χ1n) is 14.7. The predicted molar refractivity (Wildman–Crippen MR) is 160 cm³/mol. The number of pyridine rings is 1. The summed E-state index contributed by atoms with van der Waals surface area (Å²) in [6.45, 7) is 4.70. The number of carbonyl (C=O) groups is 1. The minimum absolute atomic E-state index is 0.0590. The summed E-state index contributed by atoms with van der Waals surface area (Å²) in [5, 5.41) is 2.75. The summed E-state index contributed by atoms with van der Waals surface area (Å²) in [4.78, 5) is 51.1. The molecule has 0 radical (unpaired) electrons. The second-order valence-electron chi connectivity index (χ2n) is 11.5. The van der Waals surface area contributed by atoms with Crippen LogP contribution in [0.3, 0.4) is 0 Å². The van der Waals surface area contributed by atoms with Crippen molar-refractivity contribution >= 4 is 34.7 Å². The van der Waals surface area contributed by atoms with Gasteiger partial charge >= 0.3 is 6.18 Å². The lowest BCUT2D eigenvalue weighted by molar-refractivity contribution is -0.141. The smallest absolute Gasteiger partial charge is 0.420 e. The molecule has 2 fully saturated rings. The van der Waals surface area contributed by atoms with Crippen LogP contribution in [0.2, 0.25) is 0 Å². The van der Waals surface area contributed by atoms with Crippen LogP contribution in [0.15, 0.2) is 56.6 Å². The van der Waals surface area contributed by atoms with E-state index in [2.05, 4.69) is 15.3 Å². The molecule has 4 aromatic rings. The molecule has 0 spiro atoms. The average Bonchev–Trinajstić information content (AvgIpc) is 3.49. The molecule has 2 saturated heterocycles. The molecule has 236 valence electrons. The summed E-state index contributed by atoms with van der Waals surface area (Å²) >= 11 is 0. The van der Waals surface area contributed by atoms with Crippen molar-refractivity contribution in [1.82, 2.24) is 9.97 Å². The monoisotopic (exact) mass is 626 g/mol. The summed E-state index contributed by atoms with van der Waals surface area (Å²) in [6.07, 6.45) is -2.01. The topological polar surface area (TPSA) is 112 Å². The van der Waals surface area contributed by atoms with Gasteiger partial charge in [-0.2, -0.15) is 18.2 Å². The molecule has 10 nitrogen and oxygen atoms in total. The number of Topliss-reactive ketones (excluding diaryl/α,β-unsaturated/α-hetero) is 1. The maximum absolute atomic E-state index is 14.1. The third-order valence-electron chi connectivity index (χ3n) is 8.18. The maximum atomic E-state index is 14.1. The lowest BCUT2D eigenvalue weighted by atomic mass is 10.0. The summed E-state index contributed by atoms with van der Waals surface area (Å²) in [5.74, 6) is -1.34. The normalized spacial score (nSPS) is 17.6. The zero-order chi connectivity index (χ0) is 31.9. The molecule has 0 bridgehead atoms. The van der Waals surface area contributed by atoms with Crippen LogP contribution in [-0.4, -0.2) is 55.0 Å². The Morgan fingerprint density at radius 3 is 2.40 bits per heavy atom. The van der Waals surface area contributed by atoms with Gasteiger partial charge in [0.2, 0.25) is 11.5 Å². The van der Waals surface area contributed by atoms with Crippen LogP contribution >= 0.6 is 0 Å². The Hall–Kier alpha value is -4.75. The van der Waals surface area contributed by atoms with Crippen molar-refractivity contribution in [3.63, 3.8) is 0 Å². The zero-order valence-corrected chi connectivity index (χ0v) is 24.4. The number of piperazine rings is 1. The van der Waals surface area contributed by atoms with E-state index in [0.29, 0.717) is 50.6 Å². The van der Waals surface area contributed by atoms with Gasteiger partial charge in [0, 0.05) is 51.9 Å². The van der Waals surface area contributed by atoms with Gasteiger partial charge in [-0.3, -0.25) is 14.4 Å². The first kappa shape index (κ1) is 30.3. The van der Waals surface area contributed by atoms with Crippen LogP contribution in [0.25, 0.3) is 0 Å². The van der Waals surface area contributed by atoms with Gasteiger partial charge in [0.25, 0.3) is 16.9 Å². The molecule has 0 amide bonds. The minimum Gasteiger partial charge on any atom is -0.420 e. The van der Waals surface area contributed by atoms with E-state index in [4.69, 9.17) is 4.42 Å². The van der Waals surface area contributed by atoms with Crippen molar-refractivity contribution in [2.45, 2.75) is 32.4 Å². The quantitative estimate of drug-likeness (QED) is 0.170. The summed E-state index contributed by atoms with van der Waals surface area (Å²) in [7, 11) is 0. The lowest BCUT2D eigenvalue weighted by Crippen LogP contribution is -2.51. The van der Waals surface area contributed by atoms with Gasteiger partial charge in [0.15, 0.2) is 5.69 Å². The van der Waals surface area contributed by atoms with Crippen molar-refractivity contribution in [3.05, 3.63) is 85.9 Å². The van der Waals surface area contributed by atoms with Crippen LogP contribution in [0.1, 0.15) is 41.6 Å². The molecular weight excluding hydrogens is 596 g/mol. The molecule has 2 aliphatic heterocycles. The molecule has 45 heavy (non-hydrogen) atoms. The van der Waals surface area contributed by atoms with Gasteiger partial charge in [0.05, 0.1) is 5.69 Å². The minimum atomic E-state index is -4.85. The van der Waals surface area contributed by atoms with Crippen LogP contribution in [0, 0.1) is 11.7 Å². The molecule has 2 aromatic carbocycles. The van der Waals surface area contributed by atoms with E-state index >= 15 is 0 Å². The highest BCUT2D eigenvalue weighted by Crippen LogP contribution is 2.36. The standard InChI is InChI=1S/C31H30F4N6O4/c1-18-5-4-10-41(17-18)30-38-29(31(33,34)35)28(45-30)22(42)15-19-8-9-23(36-16-19)39-11-13-40(14-12-39)25-24(26(43)27(25)44)37-21-7-3-2-6-20(21)32/h2-3,6-9,16,18,37H,4-5,10-15,17H2,1H3. The van der Waals surface area contributed by atoms with Gasteiger partial charge in [-0.05, 0) is 42.5 Å². The third-order valence-corrected chi connectivity index (χ3v) is 8.18. The van der Waals surface area contributed by atoms with Gasteiger partial charge in [-0.15, -0.1) is 0 Å². The summed E-state index contributed by atoms with van der Waals surface area (Å²) in [6, 6.07) is 8.97. The number of oxazole rings is 1. The van der Waals surface area contributed by atoms with E-state index in [1.54, 1.807) is 28.0 Å². The van der Waals surface area contributed by atoms with Crippen molar-refractivity contribution in [3.8, 4) is 0 Å². The number of carbonyl (C=O) groups excluding carboxylic acids is 1. The highest BCUT2D eigenvalue weighted by Gasteiger charge is 2.42. The van der Waals surface area contributed by atoms with Gasteiger partial charge in [-0.1, -0.05) is 25.1 Å². The highest BCUT2D eigenvalue weighted by molar-refractivity contribution is 5.96. The molecule has 4 heterocycles. The van der Waals surface area contributed by atoms with E-state index in [9.17, 15) is 31.9 Å². The summed E-state index contributed by atoms with van der Waals surface area (Å²) in [5.41, 5.74) is -1.87. The summed E-state index contributed by atoms with van der Waals surface area (Å²) < 4.78 is 60.8. The van der Waals surface area contributed by atoms with E-state index in [1.165, 1.54) is 24.4 Å². The fraction of sp³-hybridized carbons (Fsp3) is 0.387. The number of halogens is 4. The SMILES string of the molecule is CC1CCCN(c2nc(C(F)(F)F)c(C(=O)Cc3ccc(N4CCN(c5c(Nc6ccccc6F)c(=O)c5=O)CC4)nc3)o2)C1. The third kappa shape index (κ3) is 6.13. The first-order chi connectivity index (χ1) is 21.5. The molecule has 14 heteroatoms. The van der Waals surface area contributed by atoms with E-state index < -0.39 is 40.1 Å². The molecule has 1 N–H and O–H groups in total. The second-order valence-corrected chi connectivity index (χ2v) is 11.5. The number of hydrogen-bond acceptors (Lipinski definition) is 10. The van der Waals surface area contributed by atoms with E-state index in [0.717, 1.165) is 12.8 Å². The number of aromatic nitrogens is 2. The highest BCUT2D eigenvalue weighted by atomic mass is 19.4. The van der Waals surface area contributed by atoms with E-state index in [-0.39, 0.29) is 35.4 Å². The number of piperidine rings is 1. The second kappa shape index (κ2) is 12.0. The average molecular weight is 627 g/mol. The molecule has 2 aromatic heterocycles. The van der Waals surface area contributed by atoms with Gasteiger partial charge in [-0.25, -0.2) is 9.37 Å². The Bertz CT molecular complexity index is 1770. The van der Waals surface area contributed by atoms with Crippen molar-refractivity contribution in [1.29, 1.82) is 0 Å². The van der Waals surface area contributed by atoms with E-state index in [1.807, 2.05) is 11.8 Å². The van der Waals surface area contributed by atoms with Crippen molar-refractivity contribution < 1.29 is 26.8 Å². The predicted octanol–water partition coefficient (Wildman–Crippen LogP) is 4.56. The number of para-hydroxylation sites is 1. The Kier molecular flexibility index (Phi) is 8.06. The van der Waals surface area contributed by atoms with Crippen LogP contribution < -0.4 is 30.9 Å². The lowest BCUT2D eigenvalue weighted by Gasteiger charge is -2.37. The Labute approximate surface area is 255 Å². The number of hydrogen-bond donors (Lipinski definition) is 1. The molecule has 2 aliphatic rings. The number of benzene rings is 1. The number of rotatable bonds is 8. The molecule has 0 saturated carbocycles. The Morgan fingerprint density at radius 2 is 1.73 bits per heavy atom. The fourth-order valence-corrected chi connectivity index (χ4v) is 5.82. The Morgan fingerprint density at radius 1 is 1.00 bits per heavy atom. The van der Waals surface area contributed by atoms with Gasteiger partial charge < -0.3 is 24.4 Å². The van der Waals surface area contributed by atoms with Gasteiger partial charge in [0.1, 0.15) is 23.0 Å². The van der Waals surface area contributed by atoms with Crippen LogP contribution in [-0.2, 0) is 12.6 Å². The number of alkyl halides is 3. The number of anilines is 5. The first-order valence-corrected chi connectivity index (χ1v) is 14.7. The largest absolute Gasteiger partial charge is 0.437 e. The van der Waals surface area contributed by atoms with Crippen LogP contribution in [0.4, 0.5) is 46.5 Å². The maximum Gasteiger partial charge on any atom is 0.437 e. The molecule has 1 unspecified atom stereocenters. The van der Waals surface area contributed by atoms with Crippen molar-refractivity contribution in [2.75, 3.05) is 59.3 Å². The number of nitrogens with zero attached hydrogens (tertiary/aromatic N) is 5. The molecule has 0 aliphatic carbocycles. The Balaban J connectivity index is 1.10. The zero-order valence-electron chi connectivity index (χ0n) is 24.4. The van der Waals surface area contributed by atoms with Crippen LogP contribution in [0.5, 0.6) is 0 Å². The molecule has 6 rings (SSSR count). The number of nitrogens with one attached hydrogen (secondary N) is 1. The number of ketones is 1. The molecular formula is C31H30F4N6O4.